The first-order chi connectivity index (χ1) is 13.8. The van der Waals surface area contributed by atoms with Crippen molar-refractivity contribution in [1.82, 2.24) is 29.5 Å². The summed E-state index contributed by atoms with van der Waals surface area (Å²) in [6, 6.07) is 3.17. The second-order valence-corrected chi connectivity index (χ2v) is 6.94. The molecule has 3 aromatic heterocycles. The molecule has 2 atom stereocenters. The van der Waals surface area contributed by atoms with E-state index in [-0.39, 0.29) is 11.9 Å². The van der Waals surface area contributed by atoms with Crippen LogP contribution in [0.25, 0.3) is 16.8 Å². The van der Waals surface area contributed by atoms with Crippen LogP contribution in [0, 0.1) is 5.82 Å². The zero-order valence-electron chi connectivity index (χ0n) is 14.6. The number of hydrogen-bond donors (Lipinski definition) is 1. The smallest absolute Gasteiger partial charge is 0.210 e. The minimum atomic E-state index is -0.236. The largest absolute Gasteiger partial charge is 0.489 e. The van der Waals surface area contributed by atoms with Crippen LogP contribution >= 0.6 is 0 Å². The van der Waals surface area contributed by atoms with E-state index in [1.54, 1.807) is 35.4 Å². The average molecular weight is 375 g/mol. The lowest BCUT2D eigenvalue weighted by Gasteiger charge is -2.13. The Morgan fingerprint density at radius 3 is 3.00 bits per heavy atom. The van der Waals surface area contributed by atoms with Crippen molar-refractivity contribution in [2.75, 3.05) is 5.32 Å². The predicted octanol–water partition coefficient (Wildman–Crippen LogP) is 2.58. The van der Waals surface area contributed by atoms with E-state index in [0.29, 0.717) is 29.6 Å². The van der Waals surface area contributed by atoms with Gasteiger partial charge in [0.05, 0.1) is 0 Å². The fourth-order valence-electron chi connectivity index (χ4n) is 3.83. The second-order valence-electron chi connectivity index (χ2n) is 6.94. The first-order valence-electron chi connectivity index (χ1n) is 8.95. The van der Waals surface area contributed by atoms with Gasteiger partial charge >= 0.3 is 0 Å². The molecule has 0 saturated heterocycles. The first kappa shape index (κ1) is 15.4. The number of nitrogens with zero attached hydrogens (tertiary/aromatic N) is 6. The van der Waals surface area contributed by atoms with Crippen molar-refractivity contribution in [2.24, 2.45) is 0 Å². The van der Waals surface area contributed by atoms with Gasteiger partial charge in [0.15, 0.2) is 5.65 Å². The summed E-state index contributed by atoms with van der Waals surface area (Å²) in [4.78, 5) is 12.6. The molecule has 1 aliphatic carbocycles. The van der Waals surface area contributed by atoms with E-state index in [2.05, 4.69) is 30.5 Å². The molecule has 8 nitrogen and oxygen atoms in total. The number of ether oxygens (including phenoxy) is 1. The molecule has 0 bridgehead atoms. The average Bonchev–Trinajstić information content (AvgIpc) is 3.14. The van der Waals surface area contributed by atoms with Gasteiger partial charge in [-0.2, -0.15) is 0 Å². The van der Waals surface area contributed by atoms with E-state index in [1.165, 1.54) is 12.4 Å². The van der Waals surface area contributed by atoms with Gasteiger partial charge in [0, 0.05) is 53.3 Å². The van der Waals surface area contributed by atoms with Crippen LogP contribution in [0.15, 0.2) is 43.4 Å². The number of benzene rings is 1. The van der Waals surface area contributed by atoms with E-state index in [4.69, 9.17) is 4.74 Å². The standard InChI is InChI=1S/C19H14FN7O/c20-14-1-2-15-17(11-3-16(11)28-15)13(14)7-24-19-23-6-12(10-4-21-8-22-5-10)18-26-25-9-27(18)19/h1-2,4-6,8-9,11,16H,3,7H2,(H,23,24)/t11-,16?/m0/s1. The zero-order chi connectivity index (χ0) is 18.7. The van der Waals surface area contributed by atoms with Gasteiger partial charge in [-0.05, 0) is 18.6 Å². The van der Waals surface area contributed by atoms with Crippen LogP contribution in [0.5, 0.6) is 5.75 Å². The fourth-order valence-corrected chi connectivity index (χ4v) is 3.83. The molecule has 6 rings (SSSR count). The number of anilines is 1. The van der Waals surface area contributed by atoms with Gasteiger partial charge in [-0.1, -0.05) is 0 Å². The Kier molecular flexibility index (Phi) is 3.14. The van der Waals surface area contributed by atoms with Crippen LogP contribution in [0.2, 0.25) is 0 Å². The molecule has 2 aliphatic rings. The summed E-state index contributed by atoms with van der Waals surface area (Å²) in [5.74, 6) is 1.40. The molecule has 0 amide bonds. The molecule has 1 saturated carbocycles. The Balaban J connectivity index is 1.36. The summed E-state index contributed by atoms with van der Waals surface area (Å²) in [6.07, 6.45) is 9.30. The summed E-state index contributed by atoms with van der Waals surface area (Å²) in [5.41, 5.74) is 3.80. The van der Waals surface area contributed by atoms with Gasteiger partial charge in [0.1, 0.15) is 30.3 Å². The van der Waals surface area contributed by atoms with Gasteiger partial charge in [-0.25, -0.2) is 19.3 Å². The Hall–Kier alpha value is -3.62. The molecule has 4 aromatic rings. The highest BCUT2D eigenvalue weighted by atomic mass is 19.1. The number of aromatic nitrogens is 6. The van der Waals surface area contributed by atoms with Crippen molar-refractivity contribution < 1.29 is 9.13 Å². The zero-order valence-corrected chi connectivity index (χ0v) is 14.6. The van der Waals surface area contributed by atoms with E-state index in [1.807, 2.05) is 0 Å². The fraction of sp³-hybridized carbons (Fsp3) is 0.211. The number of fused-ring (bicyclic) bond motifs is 4. The molecule has 28 heavy (non-hydrogen) atoms. The van der Waals surface area contributed by atoms with Gasteiger partial charge in [0.2, 0.25) is 5.95 Å². The molecular weight excluding hydrogens is 361 g/mol. The molecular formula is C19H14FN7O. The van der Waals surface area contributed by atoms with Crippen LogP contribution in [0.3, 0.4) is 0 Å². The van der Waals surface area contributed by atoms with Gasteiger partial charge in [0.25, 0.3) is 0 Å². The van der Waals surface area contributed by atoms with Crippen molar-refractivity contribution in [3.63, 3.8) is 0 Å². The molecule has 1 fully saturated rings. The SMILES string of the molecule is Fc1ccc2c(c1CNc1ncc(-c3cncnc3)c3nncn13)[C@H]1CC1O2. The molecule has 1 unspecified atom stereocenters. The molecule has 138 valence electrons. The van der Waals surface area contributed by atoms with Crippen LogP contribution in [-0.4, -0.2) is 35.7 Å². The third kappa shape index (κ3) is 2.25. The minimum Gasteiger partial charge on any atom is -0.489 e. The normalized spacial score (nSPS) is 19.2. The van der Waals surface area contributed by atoms with Gasteiger partial charge in [-0.15, -0.1) is 10.2 Å². The van der Waals surface area contributed by atoms with Gasteiger partial charge in [-0.3, -0.25) is 4.40 Å². The third-order valence-corrected chi connectivity index (χ3v) is 5.27. The third-order valence-electron chi connectivity index (χ3n) is 5.27. The maximum atomic E-state index is 14.5. The lowest BCUT2D eigenvalue weighted by molar-refractivity contribution is 0.318. The summed E-state index contributed by atoms with van der Waals surface area (Å²) in [5, 5.41) is 11.4. The highest BCUT2D eigenvalue weighted by Gasteiger charge is 2.49. The Morgan fingerprint density at radius 2 is 2.11 bits per heavy atom. The van der Waals surface area contributed by atoms with Crippen LogP contribution in [0.4, 0.5) is 10.3 Å². The van der Waals surface area contributed by atoms with Crippen molar-refractivity contribution in [3.05, 3.63) is 60.3 Å². The number of nitrogens with one attached hydrogen (secondary N) is 1. The number of rotatable bonds is 4. The topological polar surface area (TPSA) is 90.1 Å². The number of hydrogen-bond acceptors (Lipinski definition) is 7. The monoisotopic (exact) mass is 375 g/mol. The van der Waals surface area contributed by atoms with Gasteiger partial charge < -0.3 is 10.1 Å². The molecule has 1 aromatic carbocycles. The van der Waals surface area contributed by atoms with Crippen molar-refractivity contribution >= 4 is 11.6 Å². The molecule has 1 aliphatic heterocycles. The Labute approximate surface area is 158 Å². The van der Waals surface area contributed by atoms with Crippen molar-refractivity contribution in [3.8, 4) is 16.9 Å². The molecule has 4 heterocycles. The van der Waals surface area contributed by atoms with Crippen LogP contribution in [-0.2, 0) is 6.54 Å². The molecule has 1 N–H and O–H groups in total. The Morgan fingerprint density at radius 1 is 1.21 bits per heavy atom. The van der Waals surface area contributed by atoms with Crippen LogP contribution < -0.4 is 10.1 Å². The molecule has 0 spiro atoms. The summed E-state index contributed by atoms with van der Waals surface area (Å²) < 4.78 is 22.1. The molecule has 9 heteroatoms. The Bertz CT molecular complexity index is 1210. The summed E-state index contributed by atoms with van der Waals surface area (Å²) in [6.45, 7) is 0.301. The van der Waals surface area contributed by atoms with Crippen LogP contribution in [0.1, 0.15) is 23.5 Å². The van der Waals surface area contributed by atoms with Crippen molar-refractivity contribution in [2.45, 2.75) is 25.0 Å². The van der Waals surface area contributed by atoms with E-state index in [9.17, 15) is 4.39 Å². The summed E-state index contributed by atoms with van der Waals surface area (Å²) in [7, 11) is 0. The lowest BCUT2D eigenvalue weighted by atomic mass is 10.0. The van der Waals surface area contributed by atoms with E-state index in [0.717, 1.165) is 28.9 Å². The van der Waals surface area contributed by atoms with E-state index >= 15 is 0 Å². The highest BCUT2D eigenvalue weighted by molar-refractivity contribution is 5.76. The quantitative estimate of drug-likeness (QED) is 0.586. The second kappa shape index (κ2) is 5.69. The maximum Gasteiger partial charge on any atom is 0.210 e. The predicted molar refractivity (Wildman–Crippen MR) is 97.3 cm³/mol. The lowest BCUT2D eigenvalue weighted by Crippen LogP contribution is -2.10. The maximum absolute atomic E-state index is 14.5. The highest BCUT2D eigenvalue weighted by Crippen LogP contribution is 2.55. The molecule has 0 radical (unpaired) electrons. The van der Waals surface area contributed by atoms with Crippen molar-refractivity contribution in [1.29, 1.82) is 0 Å². The first-order valence-corrected chi connectivity index (χ1v) is 8.95. The number of halogens is 1. The summed E-state index contributed by atoms with van der Waals surface area (Å²) >= 11 is 0. The van der Waals surface area contributed by atoms with E-state index < -0.39 is 0 Å². The minimum absolute atomic E-state index is 0.214.